The number of amides is 2. The number of carbonyl (C=O) groups is 3. The van der Waals surface area contributed by atoms with Crippen molar-refractivity contribution in [3.63, 3.8) is 0 Å². The summed E-state index contributed by atoms with van der Waals surface area (Å²) in [5, 5.41) is 2.99. The lowest BCUT2D eigenvalue weighted by molar-refractivity contribution is -0.165. The number of carbonyl (C=O) groups excluding carboxylic acids is 3. The van der Waals surface area contributed by atoms with Crippen molar-refractivity contribution < 1.29 is 19.1 Å². The lowest BCUT2D eigenvalue weighted by Gasteiger charge is -2.32. The van der Waals surface area contributed by atoms with E-state index in [0.717, 1.165) is 0 Å². The molecular weight excluding hydrogens is 310 g/mol. The van der Waals surface area contributed by atoms with Gasteiger partial charge in [0, 0.05) is 20.6 Å². The van der Waals surface area contributed by atoms with E-state index in [1.807, 2.05) is 34.6 Å². The second kappa shape index (κ2) is 7.96. The number of nitrogens with one attached hydrogen (secondary N) is 1. The maximum Gasteiger partial charge on any atom is 0.329 e. The molecule has 1 fully saturated rings. The van der Waals surface area contributed by atoms with Gasteiger partial charge in [-0.1, -0.05) is 13.8 Å². The molecule has 1 aliphatic rings. The molecule has 1 aliphatic heterocycles. The molecule has 0 aromatic carbocycles. The highest BCUT2D eigenvalue weighted by atomic mass is 16.6. The van der Waals surface area contributed by atoms with Crippen LogP contribution in [0, 0.1) is 5.92 Å². The van der Waals surface area contributed by atoms with Crippen molar-refractivity contribution >= 4 is 17.8 Å². The molecule has 24 heavy (non-hydrogen) atoms. The van der Waals surface area contributed by atoms with Gasteiger partial charge in [-0.2, -0.15) is 0 Å². The maximum atomic E-state index is 12.6. The second-order valence-corrected chi connectivity index (χ2v) is 7.76. The molecule has 0 aliphatic carbocycles. The van der Waals surface area contributed by atoms with E-state index >= 15 is 0 Å². The van der Waals surface area contributed by atoms with Crippen LogP contribution in [0.1, 0.15) is 41.0 Å². The SMILES string of the molecule is CC(C)C(C(=O)OC(C)(C)C)N1CCC(NCC(=O)N(C)C)C1=O. The van der Waals surface area contributed by atoms with Gasteiger partial charge in [0.2, 0.25) is 11.8 Å². The number of esters is 1. The Kier molecular flexibility index (Phi) is 6.77. The highest BCUT2D eigenvalue weighted by Crippen LogP contribution is 2.22. The van der Waals surface area contributed by atoms with E-state index in [0.29, 0.717) is 13.0 Å². The molecule has 2 unspecified atom stereocenters. The molecule has 2 atom stereocenters. The molecule has 138 valence electrons. The average Bonchev–Trinajstić information content (AvgIpc) is 2.75. The Morgan fingerprint density at radius 1 is 1.33 bits per heavy atom. The number of nitrogens with zero attached hydrogens (tertiary/aromatic N) is 2. The van der Waals surface area contributed by atoms with E-state index in [4.69, 9.17) is 4.74 Å². The number of rotatable bonds is 6. The Bertz CT molecular complexity index is 483. The molecule has 0 spiro atoms. The molecule has 1 saturated heterocycles. The Morgan fingerprint density at radius 3 is 2.38 bits per heavy atom. The molecule has 0 saturated carbocycles. The first-order valence-electron chi connectivity index (χ1n) is 8.41. The summed E-state index contributed by atoms with van der Waals surface area (Å²) in [6.45, 7) is 9.82. The number of likely N-dealkylation sites (N-methyl/N-ethyl adjacent to an activating group) is 1. The zero-order chi connectivity index (χ0) is 18.7. The fraction of sp³-hybridized carbons (Fsp3) is 0.824. The van der Waals surface area contributed by atoms with Gasteiger partial charge in [-0.3, -0.25) is 14.9 Å². The van der Waals surface area contributed by atoms with Crippen LogP contribution in [0.5, 0.6) is 0 Å². The zero-order valence-corrected chi connectivity index (χ0v) is 15.9. The van der Waals surface area contributed by atoms with Crippen LogP contribution in [0.4, 0.5) is 0 Å². The Morgan fingerprint density at radius 2 is 1.92 bits per heavy atom. The maximum absolute atomic E-state index is 12.6. The van der Waals surface area contributed by atoms with Crippen molar-refractivity contribution in [2.75, 3.05) is 27.2 Å². The van der Waals surface area contributed by atoms with Gasteiger partial charge in [0.25, 0.3) is 0 Å². The summed E-state index contributed by atoms with van der Waals surface area (Å²) in [6, 6.07) is -1.04. The van der Waals surface area contributed by atoms with Gasteiger partial charge in [-0.05, 0) is 33.1 Å². The first kappa shape index (κ1) is 20.4. The van der Waals surface area contributed by atoms with E-state index in [2.05, 4.69) is 5.32 Å². The van der Waals surface area contributed by atoms with Gasteiger partial charge >= 0.3 is 5.97 Å². The minimum Gasteiger partial charge on any atom is -0.458 e. The molecule has 1 rings (SSSR count). The molecule has 1 N–H and O–H groups in total. The number of likely N-dealkylation sites (tertiary alicyclic amines) is 1. The highest BCUT2D eigenvalue weighted by Gasteiger charge is 2.41. The smallest absolute Gasteiger partial charge is 0.329 e. The van der Waals surface area contributed by atoms with Crippen molar-refractivity contribution in [2.45, 2.75) is 58.7 Å². The predicted octanol–water partition coefficient (Wildman–Crippen LogP) is 0.631. The Labute approximate surface area is 144 Å². The molecule has 2 amide bonds. The van der Waals surface area contributed by atoms with E-state index in [1.165, 1.54) is 4.90 Å². The van der Waals surface area contributed by atoms with Gasteiger partial charge in [0.05, 0.1) is 12.6 Å². The first-order chi connectivity index (χ1) is 10.9. The van der Waals surface area contributed by atoms with Crippen LogP contribution in [0.15, 0.2) is 0 Å². The molecule has 1 heterocycles. The van der Waals surface area contributed by atoms with Crippen LogP contribution >= 0.6 is 0 Å². The molecule has 0 aromatic heterocycles. The molecule has 0 aromatic rings. The van der Waals surface area contributed by atoms with Gasteiger partial charge < -0.3 is 14.5 Å². The summed E-state index contributed by atoms with van der Waals surface area (Å²) in [4.78, 5) is 39.8. The number of ether oxygens (including phenoxy) is 1. The summed E-state index contributed by atoms with van der Waals surface area (Å²) in [5.41, 5.74) is -0.594. The quantitative estimate of drug-likeness (QED) is 0.717. The fourth-order valence-corrected chi connectivity index (χ4v) is 2.66. The van der Waals surface area contributed by atoms with Crippen LogP contribution in [-0.4, -0.2) is 72.5 Å². The van der Waals surface area contributed by atoms with Gasteiger partial charge in [-0.25, -0.2) is 4.79 Å². The van der Waals surface area contributed by atoms with Crippen LogP contribution < -0.4 is 5.32 Å². The van der Waals surface area contributed by atoms with Crippen LogP contribution in [0.25, 0.3) is 0 Å². The normalized spacial score (nSPS) is 19.6. The van der Waals surface area contributed by atoms with Gasteiger partial charge in [0.15, 0.2) is 0 Å². The monoisotopic (exact) mass is 341 g/mol. The molecule has 0 radical (unpaired) electrons. The minimum atomic E-state index is -0.604. The summed E-state index contributed by atoms with van der Waals surface area (Å²) >= 11 is 0. The highest BCUT2D eigenvalue weighted by molar-refractivity contribution is 5.90. The largest absolute Gasteiger partial charge is 0.458 e. The Hall–Kier alpha value is -1.63. The number of hydrogen-bond donors (Lipinski definition) is 1. The van der Waals surface area contributed by atoms with Crippen molar-refractivity contribution in [3.8, 4) is 0 Å². The minimum absolute atomic E-state index is 0.0500. The summed E-state index contributed by atoms with van der Waals surface area (Å²) < 4.78 is 5.47. The van der Waals surface area contributed by atoms with Crippen molar-refractivity contribution in [1.29, 1.82) is 0 Å². The van der Waals surface area contributed by atoms with Crippen LogP contribution in [-0.2, 0) is 19.1 Å². The van der Waals surface area contributed by atoms with Crippen LogP contribution in [0.3, 0.4) is 0 Å². The number of hydrogen-bond acceptors (Lipinski definition) is 5. The average molecular weight is 341 g/mol. The predicted molar refractivity (Wildman–Crippen MR) is 91.3 cm³/mol. The zero-order valence-electron chi connectivity index (χ0n) is 15.9. The lowest BCUT2D eigenvalue weighted by Crippen LogP contribution is -2.51. The van der Waals surface area contributed by atoms with E-state index in [1.54, 1.807) is 19.0 Å². The summed E-state index contributed by atoms with van der Waals surface area (Å²) in [7, 11) is 3.34. The van der Waals surface area contributed by atoms with E-state index < -0.39 is 17.7 Å². The van der Waals surface area contributed by atoms with Crippen molar-refractivity contribution in [3.05, 3.63) is 0 Å². The molecule has 0 bridgehead atoms. The fourth-order valence-electron chi connectivity index (χ4n) is 2.66. The summed E-state index contributed by atoms with van der Waals surface area (Å²) in [6.07, 6.45) is 0.575. The molecule has 7 heteroatoms. The van der Waals surface area contributed by atoms with Gasteiger partial charge in [-0.15, -0.1) is 0 Å². The van der Waals surface area contributed by atoms with Crippen molar-refractivity contribution in [2.24, 2.45) is 5.92 Å². The first-order valence-corrected chi connectivity index (χ1v) is 8.41. The Balaban J connectivity index is 2.75. The van der Waals surface area contributed by atoms with Crippen LogP contribution in [0.2, 0.25) is 0 Å². The molecular formula is C17H31N3O4. The van der Waals surface area contributed by atoms with Crippen molar-refractivity contribution in [1.82, 2.24) is 15.1 Å². The topological polar surface area (TPSA) is 79.0 Å². The third-order valence-electron chi connectivity index (χ3n) is 3.85. The summed E-state index contributed by atoms with van der Waals surface area (Å²) in [5.74, 6) is -0.665. The van der Waals surface area contributed by atoms with E-state index in [9.17, 15) is 14.4 Å². The third-order valence-corrected chi connectivity index (χ3v) is 3.85. The van der Waals surface area contributed by atoms with E-state index in [-0.39, 0.29) is 30.2 Å². The third kappa shape index (κ3) is 5.47. The standard InChI is InChI=1S/C17H31N3O4/c1-11(2)14(16(23)24-17(3,4)5)20-9-8-12(15(20)22)18-10-13(21)19(6)7/h11-12,14,18H,8-10H2,1-7H3. The molecule has 7 nitrogen and oxygen atoms in total. The lowest BCUT2D eigenvalue weighted by atomic mass is 10.0. The van der Waals surface area contributed by atoms with Gasteiger partial charge in [0.1, 0.15) is 11.6 Å². The second-order valence-electron chi connectivity index (χ2n) is 7.76.